The molecule has 4 heteroatoms. The van der Waals surface area contributed by atoms with E-state index in [1.54, 1.807) is 14.2 Å². The van der Waals surface area contributed by atoms with Gasteiger partial charge >= 0.3 is 0 Å². The van der Waals surface area contributed by atoms with Gasteiger partial charge in [-0.1, -0.05) is 18.2 Å². The number of ether oxygens (including phenoxy) is 2. The van der Waals surface area contributed by atoms with E-state index in [4.69, 9.17) is 14.6 Å². The summed E-state index contributed by atoms with van der Waals surface area (Å²) in [6, 6.07) is 7.76. The van der Waals surface area contributed by atoms with Crippen LogP contribution >= 0.6 is 0 Å². The van der Waals surface area contributed by atoms with Gasteiger partial charge in [0.25, 0.3) is 0 Å². The maximum atomic E-state index is 9.09. The van der Waals surface area contributed by atoms with Crippen LogP contribution < -0.4 is 10.1 Å². The van der Waals surface area contributed by atoms with Crippen LogP contribution in [0.3, 0.4) is 0 Å². The van der Waals surface area contributed by atoms with E-state index in [2.05, 4.69) is 5.32 Å². The molecule has 1 atom stereocenters. The summed E-state index contributed by atoms with van der Waals surface area (Å²) in [5, 5.41) is 12.3. The molecule has 0 amide bonds. The number of rotatable bonds is 7. The minimum absolute atomic E-state index is 0.0464. The molecule has 16 heavy (non-hydrogen) atoms. The Kier molecular flexibility index (Phi) is 5.85. The lowest BCUT2D eigenvalue weighted by Gasteiger charge is -2.16. The first-order chi connectivity index (χ1) is 7.81. The number of benzene rings is 1. The van der Waals surface area contributed by atoms with Crippen molar-refractivity contribution in [3.8, 4) is 5.75 Å². The number of aliphatic hydroxyl groups is 1. The molecule has 1 aromatic rings. The van der Waals surface area contributed by atoms with Crippen LogP contribution in [0.25, 0.3) is 0 Å². The normalized spacial score (nSPS) is 12.4. The summed E-state index contributed by atoms with van der Waals surface area (Å²) in [6.45, 7) is 1.20. The van der Waals surface area contributed by atoms with Gasteiger partial charge in [-0.2, -0.15) is 0 Å². The lowest BCUT2D eigenvalue weighted by atomic mass is 10.2. The smallest absolute Gasteiger partial charge is 0.123 e. The Morgan fingerprint density at radius 2 is 2.06 bits per heavy atom. The topological polar surface area (TPSA) is 50.7 Å². The highest BCUT2D eigenvalue weighted by Gasteiger charge is 2.07. The van der Waals surface area contributed by atoms with Gasteiger partial charge in [0, 0.05) is 19.2 Å². The lowest BCUT2D eigenvalue weighted by Crippen LogP contribution is -2.35. The van der Waals surface area contributed by atoms with Gasteiger partial charge in [0.15, 0.2) is 0 Å². The largest absolute Gasteiger partial charge is 0.496 e. The van der Waals surface area contributed by atoms with Gasteiger partial charge in [-0.05, 0) is 6.07 Å². The molecule has 0 bridgehead atoms. The zero-order chi connectivity index (χ0) is 11.8. The van der Waals surface area contributed by atoms with Gasteiger partial charge in [0.05, 0.1) is 26.4 Å². The number of nitrogens with one attached hydrogen (secondary N) is 1. The fourth-order valence-corrected chi connectivity index (χ4v) is 1.48. The SMILES string of the molecule is COCC(CO)NCc1ccccc1OC. The molecule has 1 rings (SSSR count). The van der Waals surface area contributed by atoms with Crippen LogP contribution in [0.4, 0.5) is 0 Å². The number of hydrogen-bond donors (Lipinski definition) is 2. The van der Waals surface area contributed by atoms with Gasteiger partial charge < -0.3 is 19.9 Å². The Morgan fingerprint density at radius 1 is 1.31 bits per heavy atom. The second kappa shape index (κ2) is 7.22. The highest BCUT2D eigenvalue weighted by Crippen LogP contribution is 2.16. The standard InChI is InChI=1S/C12H19NO3/c1-15-9-11(8-14)13-7-10-5-3-4-6-12(10)16-2/h3-6,11,13-14H,7-9H2,1-2H3. The molecule has 0 saturated heterocycles. The molecule has 0 radical (unpaired) electrons. The maximum Gasteiger partial charge on any atom is 0.123 e. The van der Waals surface area contributed by atoms with Gasteiger partial charge in [0.2, 0.25) is 0 Å². The second-order valence-electron chi connectivity index (χ2n) is 3.53. The van der Waals surface area contributed by atoms with E-state index in [1.807, 2.05) is 24.3 Å². The molecule has 1 aromatic carbocycles. The van der Waals surface area contributed by atoms with Gasteiger partial charge in [-0.3, -0.25) is 0 Å². The zero-order valence-corrected chi connectivity index (χ0v) is 9.77. The quantitative estimate of drug-likeness (QED) is 0.720. The Morgan fingerprint density at radius 3 is 2.69 bits per heavy atom. The highest BCUT2D eigenvalue weighted by molar-refractivity contribution is 5.32. The first-order valence-corrected chi connectivity index (χ1v) is 5.27. The van der Waals surface area contributed by atoms with Crippen LogP contribution in [0.2, 0.25) is 0 Å². The Bertz CT molecular complexity index is 304. The Labute approximate surface area is 96.2 Å². The number of aliphatic hydroxyl groups excluding tert-OH is 1. The molecule has 0 aromatic heterocycles. The minimum Gasteiger partial charge on any atom is -0.496 e. The van der Waals surface area contributed by atoms with Crippen molar-refractivity contribution in [2.75, 3.05) is 27.4 Å². The first-order valence-electron chi connectivity index (χ1n) is 5.27. The summed E-state index contributed by atoms with van der Waals surface area (Å²) >= 11 is 0. The van der Waals surface area contributed by atoms with Crippen LogP contribution in [-0.4, -0.2) is 38.6 Å². The van der Waals surface area contributed by atoms with Crippen molar-refractivity contribution < 1.29 is 14.6 Å². The van der Waals surface area contributed by atoms with E-state index in [0.29, 0.717) is 13.2 Å². The lowest BCUT2D eigenvalue weighted by molar-refractivity contribution is 0.128. The van der Waals surface area contributed by atoms with Crippen molar-refractivity contribution in [2.24, 2.45) is 0 Å². The summed E-state index contributed by atoms with van der Waals surface area (Å²) in [5.41, 5.74) is 1.07. The van der Waals surface area contributed by atoms with E-state index in [1.165, 1.54) is 0 Å². The van der Waals surface area contributed by atoms with Crippen molar-refractivity contribution >= 4 is 0 Å². The molecule has 4 nitrogen and oxygen atoms in total. The monoisotopic (exact) mass is 225 g/mol. The molecule has 0 aliphatic carbocycles. The highest BCUT2D eigenvalue weighted by atomic mass is 16.5. The fourth-order valence-electron chi connectivity index (χ4n) is 1.48. The number of hydrogen-bond acceptors (Lipinski definition) is 4. The van der Waals surface area contributed by atoms with Crippen molar-refractivity contribution in [3.63, 3.8) is 0 Å². The maximum absolute atomic E-state index is 9.09. The van der Waals surface area contributed by atoms with Gasteiger partial charge in [0.1, 0.15) is 5.75 Å². The third-order valence-electron chi connectivity index (χ3n) is 2.36. The third kappa shape index (κ3) is 3.81. The molecular formula is C12H19NO3. The van der Waals surface area contributed by atoms with Crippen LogP contribution in [-0.2, 0) is 11.3 Å². The second-order valence-corrected chi connectivity index (χ2v) is 3.53. The fraction of sp³-hybridized carbons (Fsp3) is 0.500. The Hall–Kier alpha value is -1.10. The van der Waals surface area contributed by atoms with Crippen LogP contribution in [0.1, 0.15) is 5.56 Å². The van der Waals surface area contributed by atoms with Crippen molar-refractivity contribution in [3.05, 3.63) is 29.8 Å². The van der Waals surface area contributed by atoms with E-state index < -0.39 is 0 Å². The van der Waals surface area contributed by atoms with Crippen molar-refractivity contribution in [2.45, 2.75) is 12.6 Å². The van der Waals surface area contributed by atoms with E-state index >= 15 is 0 Å². The number of methoxy groups -OCH3 is 2. The summed E-state index contributed by atoms with van der Waals surface area (Å²) in [5.74, 6) is 0.851. The van der Waals surface area contributed by atoms with Gasteiger partial charge in [-0.15, -0.1) is 0 Å². The zero-order valence-electron chi connectivity index (χ0n) is 9.77. The average Bonchev–Trinajstić information content (AvgIpc) is 2.34. The molecule has 0 heterocycles. The van der Waals surface area contributed by atoms with Gasteiger partial charge in [-0.25, -0.2) is 0 Å². The predicted octanol–water partition coefficient (Wildman–Crippen LogP) is 0.792. The van der Waals surface area contributed by atoms with Crippen LogP contribution in [0, 0.1) is 0 Å². The van der Waals surface area contributed by atoms with Crippen LogP contribution in [0.5, 0.6) is 5.75 Å². The Balaban J connectivity index is 2.52. The molecule has 90 valence electrons. The molecular weight excluding hydrogens is 206 g/mol. The molecule has 0 spiro atoms. The third-order valence-corrected chi connectivity index (χ3v) is 2.36. The molecule has 0 fully saturated rings. The van der Waals surface area contributed by atoms with E-state index in [-0.39, 0.29) is 12.6 Å². The molecule has 0 aliphatic rings. The summed E-state index contributed by atoms with van der Waals surface area (Å²) < 4.78 is 10.2. The molecule has 0 saturated carbocycles. The molecule has 1 unspecified atom stereocenters. The first kappa shape index (κ1) is 13.0. The predicted molar refractivity (Wildman–Crippen MR) is 62.6 cm³/mol. The molecule has 0 aliphatic heterocycles. The van der Waals surface area contributed by atoms with E-state index in [9.17, 15) is 0 Å². The van der Waals surface area contributed by atoms with Crippen molar-refractivity contribution in [1.82, 2.24) is 5.32 Å². The summed E-state index contributed by atoms with van der Waals surface area (Å²) in [6.07, 6.45) is 0. The molecule has 2 N–H and O–H groups in total. The van der Waals surface area contributed by atoms with Crippen LogP contribution in [0.15, 0.2) is 24.3 Å². The van der Waals surface area contributed by atoms with E-state index in [0.717, 1.165) is 11.3 Å². The number of para-hydroxylation sites is 1. The average molecular weight is 225 g/mol. The summed E-state index contributed by atoms with van der Waals surface area (Å²) in [7, 11) is 3.27. The van der Waals surface area contributed by atoms with Crippen molar-refractivity contribution in [1.29, 1.82) is 0 Å². The summed E-state index contributed by atoms with van der Waals surface area (Å²) in [4.78, 5) is 0. The minimum atomic E-state index is -0.0464.